The molecule has 6 nitrogen and oxygen atoms in total. The Hall–Kier alpha value is -3.10. The number of rotatable bonds is 5. The number of anilines is 1. The van der Waals surface area contributed by atoms with E-state index in [4.69, 9.17) is 0 Å². The molecule has 1 N–H and O–H groups in total. The highest BCUT2D eigenvalue weighted by Crippen LogP contribution is 2.33. The molecule has 0 saturated carbocycles. The van der Waals surface area contributed by atoms with Crippen molar-refractivity contribution in [3.8, 4) is 5.69 Å². The number of aromatic nitrogens is 4. The Morgan fingerprint density at radius 3 is 2.69 bits per heavy atom. The lowest BCUT2D eigenvalue weighted by Crippen LogP contribution is -2.16. The number of benzene rings is 1. The summed E-state index contributed by atoms with van der Waals surface area (Å²) >= 11 is 0. The summed E-state index contributed by atoms with van der Waals surface area (Å²) in [7, 11) is 1.77. The van der Waals surface area contributed by atoms with Gasteiger partial charge in [-0.1, -0.05) is 0 Å². The van der Waals surface area contributed by atoms with E-state index in [0.717, 1.165) is 17.7 Å². The number of nitrogens with zero attached hydrogens (tertiary/aromatic N) is 4. The average molecular weight is 363 g/mol. The van der Waals surface area contributed by atoms with Crippen LogP contribution in [0.2, 0.25) is 0 Å². The summed E-state index contributed by atoms with van der Waals surface area (Å²) in [6.45, 7) is 0. The molecule has 0 atom stereocenters. The summed E-state index contributed by atoms with van der Waals surface area (Å²) < 4.78 is 42.0. The van der Waals surface area contributed by atoms with Gasteiger partial charge in [-0.25, -0.2) is 4.68 Å². The summed E-state index contributed by atoms with van der Waals surface area (Å²) in [6, 6.07) is 4.81. The van der Waals surface area contributed by atoms with Crippen LogP contribution >= 0.6 is 0 Å². The van der Waals surface area contributed by atoms with Gasteiger partial charge in [0, 0.05) is 32.1 Å². The highest BCUT2D eigenvalue weighted by Gasteiger charge is 2.31. The maximum absolute atomic E-state index is 13.0. The maximum atomic E-state index is 13.0. The lowest BCUT2D eigenvalue weighted by molar-refractivity contribution is -0.137. The molecule has 2 aromatic heterocycles. The van der Waals surface area contributed by atoms with Crippen molar-refractivity contribution in [2.45, 2.75) is 19.0 Å². The molecular formula is C17H16F3N5O. The van der Waals surface area contributed by atoms with Crippen molar-refractivity contribution >= 4 is 11.6 Å². The van der Waals surface area contributed by atoms with Gasteiger partial charge >= 0.3 is 6.18 Å². The first-order chi connectivity index (χ1) is 12.3. The molecule has 0 fully saturated rings. The fourth-order valence-corrected chi connectivity index (χ4v) is 2.50. The van der Waals surface area contributed by atoms with Gasteiger partial charge in [-0.15, -0.1) is 0 Å². The first kappa shape index (κ1) is 17.7. The predicted molar refractivity (Wildman–Crippen MR) is 88.7 cm³/mol. The molecule has 0 bridgehead atoms. The van der Waals surface area contributed by atoms with Crippen LogP contribution in [0, 0.1) is 0 Å². The van der Waals surface area contributed by atoms with Gasteiger partial charge in [0.05, 0.1) is 23.1 Å². The van der Waals surface area contributed by atoms with Crippen molar-refractivity contribution in [3.63, 3.8) is 0 Å². The van der Waals surface area contributed by atoms with Crippen LogP contribution in [0.4, 0.5) is 18.9 Å². The Balaban J connectivity index is 1.80. The van der Waals surface area contributed by atoms with E-state index in [1.54, 1.807) is 36.4 Å². The van der Waals surface area contributed by atoms with Crippen molar-refractivity contribution in [1.82, 2.24) is 19.6 Å². The molecule has 26 heavy (non-hydrogen) atoms. The molecule has 0 aliphatic carbocycles. The molecular weight excluding hydrogens is 347 g/mol. The minimum absolute atomic E-state index is 0.0553. The molecule has 136 valence electrons. The lowest BCUT2D eigenvalue weighted by atomic mass is 10.1. The largest absolute Gasteiger partial charge is 0.416 e. The van der Waals surface area contributed by atoms with Gasteiger partial charge in [0.15, 0.2) is 0 Å². The van der Waals surface area contributed by atoms with E-state index in [-0.39, 0.29) is 18.0 Å². The zero-order valence-electron chi connectivity index (χ0n) is 13.9. The van der Waals surface area contributed by atoms with E-state index < -0.39 is 11.7 Å². The molecule has 0 aliphatic rings. The van der Waals surface area contributed by atoms with E-state index in [1.807, 2.05) is 0 Å². The summed E-state index contributed by atoms with van der Waals surface area (Å²) in [6.07, 6.45) is 2.59. The molecule has 1 aromatic carbocycles. The second-order valence-corrected chi connectivity index (χ2v) is 5.75. The van der Waals surface area contributed by atoms with Gasteiger partial charge in [-0.05, 0) is 36.2 Å². The van der Waals surface area contributed by atoms with Crippen molar-refractivity contribution in [1.29, 1.82) is 0 Å². The van der Waals surface area contributed by atoms with Gasteiger partial charge < -0.3 is 5.32 Å². The summed E-state index contributed by atoms with van der Waals surface area (Å²) in [4.78, 5) is 12.2. The maximum Gasteiger partial charge on any atom is 0.416 e. The summed E-state index contributed by atoms with van der Waals surface area (Å²) in [5, 5.41) is 10.6. The molecule has 3 rings (SSSR count). The summed E-state index contributed by atoms with van der Waals surface area (Å²) in [5.41, 5.74) is 0.451. The van der Waals surface area contributed by atoms with Crippen LogP contribution in [-0.2, 0) is 24.4 Å². The number of nitrogens with one attached hydrogen (secondary N) is 1. The number of alkyl halides is 3. The van der Waals surface area contributed by atoms with Crippen molar-refractivity contribution in [3.05, 3.63) is 60.2 Å². The van der Waals surface area contributed by atoms with Gasteiger partial charge in [-0.3, -0.25) is 9.48 Å². The first-order valence-electron chi connectivity index (χ1n) is 7.81. The zero-order valence-corrected chi connectivity index (χ0v) is 13.9. The molecule has 0 aliphatic heterocycles. The van der Waals surface area contributed by atoms with Gasteiger partial charge in [0.1, 0.15) is 0 Å². The molecule has 0 saturated heterocycles. The number of hydrogen-bond acceptors (Lipinski definition) is 3. The Morgan fingerprint density at radius 2 is 2.08 bits per heavy atom. The Labute approximate surface area is 147 Å². The highest BCUT2D eigenvalue weighted by molar-refractivity contribution is 5.93. The molecule has 2 heterocycles. The van der Waals surface area contributed by atoms with Crippen LogP contribution in [0.1, 0.15) is 17.5 Å². The fraction of sp³-hybridized carbons (Fsp3) is 0.235. The van der Waals surface area contributed by atoms with Crippen molar-refractivity contribution < 1.29 is 18.0 Å². The van der Waals surface area contributed by atoms with E-state index in [1.165, 1.54) is 16.9 Å². The van der Waals surface area contributed by atoms with E-state index in [9.17, 15) is 18.0 Å². The minimum Gasteiger partial charge on any atom is -0.324 e. The quantitative estimate of drug-likeness (QED) is 0.757. The van der Waals surface area contributed by atoms with Gasteiger partial charge in [0.25, 0.3) is 0 Å². The third-order valence-corrected chi connectivity index (χ3v) is 3.75. The van der Waals surface area contributed by atoms with Crippen LogP contribution in [0.15, 0.2) is 49.1 Å². The fourth-order valence-electron chi connectivity index (χ4n) is 2.50. The van der Waals surface area contributed by atoms with Gasteiger partial charge in [0.2, 0.25) is 5.91 Å². The standard InChI is InChI=1S/C17H16F3N5O/c1-24-11-12(10-22-24)3-6-16(26)23-14-9-13(17(18,19)20)4-5-15(14)25-8-2-7-21-25/h2,4-5,7-11H,3,6H2,1H3,(H,23,26). The van der Waals surface area contributed by atoms with Crippen LogP contribution in [0.5, 0.6) is 0 Å². The molecule has 0 radical (unpaired) electrons. The predicted octanol–water partition coefficient (Wildman–Crippen LogP) is 3.20. The molecule has 0 unspecified atom stereocenters. The first-order valence-corrected chi connectivity index (χ1v) is 7.81. The Bertz CT molecular complexity index is 900. The van der Waals surface area contributed by atoms with Crippen LogP contribution < -0.4 is 5.32 Å². The number of amides is 1. The second-order valence-electron chi connectivity index (χ2n) is 5.75. The van der Waals surface area contributed by atoms with E-state index >= 15 is 0 Å². The normalized spacial score (nSPS) is 11.5. The third kappa shape index (κ3) is 4.11. The lowest BCUT2D eigenvalue weighted by Gasteiger charge is -2.14. The van der Waals surface area contributed by atoms with Crippen LogP contribution in [-0.4, -0.2) is 25.5 Å². The van der Waals surface area contributed by atoms with Crippen molar-refractivity contribution in [2.24, 2.45) is 7.05 Å². The Kier molecular flexibility index (Phi) is 4.79. The SMILES string of the molecule is Cn1cc(CCC(=O)Nc2cc(C(F)(F)F)ccc2-n2cccn2)cn1. The molecule has 1 amide bonds. The third-order valence-electron chi connectivity index (χ3n) is 3.75. The summed E-state index contributed by atoms with van der Waals surface area (Å²) in [5.74, 6) is -0.387. The van der Waals surface area contributed by atoms with Crippen LogP contribution in [0.25, 0.3) is 5.69 Å². The Morgan fingerprint density at radius 1 is 1.27 bits per heavy atom. The average Bonchev–Trinajstić information content (AvgIpc) is 3.24. The number of carbonyl (C=O) groups excluding carboxylic acids is 1. The molecule has 0 spiro atoms. The topological polar surface area (TPSA) is 64.7 Å². The number of aryl methyl sites for hydroxylation is 2. The molecule has 3 aromatic rings. The van der Waals surface area contributed by atoms with Crippen molar-refractivity contribution in [2.75, 3.05) is 5.32 Å². The number of halogens is 3. The van der Waals surface area contributed by atoms with Gasteiger partial charge in [-0.2, -0.15) is 23.4 Å². The van der Waals surface area contributed by atoms with Crippen LogP contribution in [0.3, 0.4) is 0 Å². The van der Waals surface area contributed by atoms with E-state index in [0.29, 0.717) is 12.1 Å². The monoisotopic (exact) mass is 363 g/mol. The minimum atomic E-state index is -4.50. The second kappa shape index (κ2) is 7.03. The smallest absolute Gasteiger partial charge is 0.324 e. The molecule has 9 heteroatoms. The highest BCUT2D eigenvalue weighted by atomic mass is 19.4. The zero-order chi connectivity index (χ0) is 18.7. The number of carbonyl (C=O) groups is 1. The van der Waals surface area contributed by atoms with E-state index in [2.05, 4.69) is 15.5 Å². The number of hydrogen-bond donors (Lipinski definition) is 1.